The number of halogens is 4. The molecular weight excluding hydrogens is 493 g/mol. The summed E-state index contributed by atoms with van der Waals surface area (Å²) >= 11 is 5.78. The molecular formula is C21H22ClF3N6O4. The van der Waals surface area contributed by atoms with E-state index in [4.69, 9.17) is 16.4 Å². The Kier molecular flexibility index (Phi) is 5.90. The van der Waals surface area contributed by atoms with E-state index in [0.29, 0.717) is 29.9 Å². The standard InChI is InChI=1S/C21H22ClF3N6O4/c1-28-19(33)17-12-7-29(20(34)26-11-2-3-14(23)13(22)6-11)5-4-15(12)27-31(17)8-16(35-28)18(32)30-9-21(24,25)10-30/h2-3,6,16,18,32H,4-5,7-10H2,1H3,(H,26,34). The summed E-state index contributed by atoms with van der Waals surface area (Å²) in [5.41, 5.74) is 1.68. The summed E-state index contributed by atoms with van der Waals surface area (Å²) in [5, 5.41) is 18.5. The van der Waals surface area contributed by atoms with Crippen LogP contribution in [0.2, 0.25) is 5.02 Å². The van der Waals surface area contributed by atoms with Crippen LogP contribution in [-0.4, -0.2) is 86.6 Å². The van der Waals surface area contributed by atoms with Crippen molar-refractivity contribution in [2.75, 3.05) is 32.0 Å². The monoisotopic (exact) mass is 514 g/mol. The predicted molar refractivity (Wildman–Crippen MR) is 116 cm³/mol. The number of anilines is 1. The van der Waals surface area contributed by atoms with Gasteiger partial charge in [0.2, 0.25) is 0 Å². The minimum atomic E-state index is -2.87. The van der Waals surface area contributed by atoms with E-state index < -0.39 is 49.1 Å². The van der Waals surface area contributed by atoms with E-state index in [1.165, 1.54) is 33.7 Å². The lowest BCUT2D eigenvalue weighted by Crippen LogP contribution is -2.63. The van der Waals surface area contributed by atoms with Crippen molar-refractivity contribution in [1.29, 1.82) is 0 Å². The molecule has 2 atom stereocenters. The summed E-state index contributed by atoms with van der Waals surface area (Å²) in [6.07, 6.45) is -2.00. The summed E-state index contributed by atoms with van der Waals surface area (Å²) in [4.78, 5) is 34.1. The van der Waals surface area contributed by atoms with Crippen LogP contribution in [0.25, 0.3) is 0 Å². The minimum absolute atomic E-state index is 0.0398. The largest absolute Gasteiger partial charge is 0.375 e. The second kappa shape index (κ2) is 8.66. The molecule has 3 aliphatic heterocycles. The molecule has 0 bridgehead atoms. The number of likely N-dealkylation sites (tertiary alicyclic amines) is 1. The van der Waals surface area contributed by atoms with Gasteiger partial charge in [-0.25, -0.2) is 23.0 Å². The summed E-state index contributed by atoms with van der Waals surface area (Å²) in [7, 11) is 1.37. The molecule has 0 spiro atoms. The smallest absolute Gasteiger partial charge is 0.322 e. The molecule has 2 N–H and O–H groups in total. The average Bonchev–Trinajstić information content (AvgIpc) is 3.09. The van der Waals surface area contributed by atoms with Gasteiger partial charge in [-0.1, -0.05) is 11.6 Å². The van der Waals surface area contributed by atoms with Gasteiger partial charge in [0.25, 0.3) is 11.8 Å². The molecule has 1 aromatic heterocycles. The second-order valence-corrected chi connectivity index (χ2v) is 9.21. The molecule has 1 fully saturated rings. The fourth-order valence-electron chi connectivity index (χ4n) is 4.47. The normalized spacial score (nSPS) is 22.7. The molecule has 3 aliphatic rings. The third-order valence-corrected chi connectivity index (χ3v) is 6.56. The Morgan fingerprint density at radius 3 is 2.80 bits per heavy atom. The first-order valence-corrected chi connectivity index (χ1v) is 11.2. The highest BCUT2D eigenvalue weighted by atomic mass is 35.5. The van der Waals surface area contributed by atoms with Crippen molar-refractivity contribution in [3.8, 4) is 0 Å². The number of hydrogen-bond acceptors (Lipinski definition) is 6. The van der Waals surface area contributed by atoms with Crippen molar-refractivity contribution in [2.45, 2.75) is 37.8 Å². The number of carbonyl (C=O) groups is 2. The van der Waals surface area contributed by atoms with Crippen LogP contribution in [0.1, 0.15) is 21.7 Å². The molecule has 35 heavy (non-hydrogen) atoms. The number of carbonyl (C=O) groups excluding carboxylic acids is 2. The van der Waals surface area contributed by atoms with Gasteiger partial charge in [-0.2, -0.15) is 5.10 Å². The Morgan fingerprint density at radius 1 is 1.37 bits per heavy atom. The maximum atomic E-state index is 13.4. The van der Waals surface area contributed by atoms with Crippen LogP contribution in [0.5, 0.6) is 0 Å². The predicted octanol–water partition coefficient (Wildman–Crippen LogP) is 1.92. The third kappa shape index (κ3) is 4.44. The number of hydrogen-bond donors (Lipinski definition) is 2. The van der Waals surface area contributed by atoms with Crippen LogP contribution < -0.4 is 5.32 Å². The van der Waals surface area contributed by atoms with Crippen LogP contribution in [0, 0.1) is 5.82 Å². The number of alkyl halides is 2. The summed E-state index contributed by atoms with van der Waals surface area (Å²) in [6.45, 7) is -0.840. The Labute approximate surface area is 202 Å². The summed E-state index contributed by atoms with van der Waals surface area (Å²) in [5.74, 6) is -4.01. The fourth-order valence-corrected chi connectivity index (χ4v) is 4.65. The Balaban J connectivity index is 1.34. The van der Waals surface area contributed by atoms with Crippen molar-refractivity contribution < 1.29 is 32.7 Å². The number of aliphatic hydroxyl groups excluding tert-OH is 1. The van der Waals surface area contributed by atoms with Gasteiger partial charge in [-0.05, 0) is 18.2 Å². The molecule has 4 heterocycles. The van der Waals surface area contributed by atoms with Gasteiger partial charge in [0.1, 0.15) is 23.8 Å². The lowest BCUT2D eigenvalue weighted by Gasteiger charge is -2.43. The van der Waals surface area contributed by atoms with Crippen LogP contribution in [0.3, 0.4) is 0 Å². The number of nitrogens with one attached hydrogen (secondary N) is 1. The van der Waals surface area contributed by atoms with Crippen LogP contribution in [-0.2, 0) is 24.3 Å². The highest BCUT2D eigenvalue weighted by molar-refractivity contribution is 6.31. The maximum Gasteiger partial charge on any atom is 0.322 e. The lowest BCUT2D eigenvalue weighted by atomic mass is 10.0. The third-order valence-electron chi connectivity index (χ3n) is 6.27. The maximum absolute atomic E-state index is 13.4. The Bertz CT molecular complexity index is 1190. The van der Waals surface area contributed by atoms with Gasteiger partial charge in [-0.3, -0.25) is 19.2 Å². The van der Waals surface area contributed by atoms with E-state index >= 15 is 0 Å². The molecule has 3 amide bonds. The molecule has 188 valence electrons. The van der Waals surface area contributed by atoms with E-state index in [1.807, 2.05) is 0 Å². The first-order chi connectivity index (χ1) is 16.5. The van der Waals surface area contributed by atoms with E-state index in [0.717, 1.165) is 11.1 Å². The van der Waals surface area contributed by atoms with Crippen LogP contribution in [0.15, 0.2) is 18.2 Å². The molecule has 1 saturated heterocycles. The molecule has 2 aromatic rings. The highest BCUT2D eigenvalue weighted by Gasteiger charge is 2.49. The molecule has 5 rings (SSSR count). The van der Waals surface area contributed by atoms with Gasteiger partial charge < -0.3 is 15.3 Å². The van der Waals surface area contributed by atoms with Crippen LogP contribution >= 0.6 is 11.6 Å². The van der Waals surface area contributed by atoms with Crippen molar-refractivity contribution in [3.63, 3.8) is 0 Å². The van der Waals surface area contributed by atoms with Gasteiger partial charge in [0.05, 0.1) is 36.9 Å². The number of urea groups is 1. The van der Waals surface area contributed by atoms with Crippen molar-refractivity contribution in [2.24, 2.45) is 0 Å². The quantitative estimate of drug-likeness (QED) is 0.649. The van der Waals surface area contributed by atoms with Crippen molar-refractivity contribution in [1.82, 2.24) is 24.6 Å². The van der Waals surface area contributed by atoms with E-state index in [-0.39, 0.29) is 23.8 Å². The molecule has 0 saturated carbocycles. The van der Waals surface area contributed by atoms with Crippen molar-refractivity contribution in [3.05, 3.63) is 46.0 Å². The zero-order chi connectivity index (χ0) is 25.1. The highest BCUT2D eigenvalue weighted by Crippen LogP contribution is 2.32. The number of benzene rings is 1. The van der Waals surface area contributed by atoms with Gasteiger partial charge in [-0.15, -0.1) is 0 Å². The number of amides is 3. The Morgan fingerprint density at radius 2 is 2.11 bits per heavy atom. The lowest BCUT2D eigenvalue weighted by molar-refractivity contribution is -0.250. The topological polar surface area (TPSA) is 103 Å². The average molecular weight is 515 g/mol. The number of hydroxylamine groups is 2. The number of rotatable bonds is 3. The Hall–Kier alpha value is -2.87. The first kappa shape index (κ1) is 23.9. The van der Waals surface area contributed by atoms with Crippen LogP contribution in [0.4, 0.5) is 23.7 Å². The van der Waals surface area contributed by atoms with Gasteiger partial charge >= 0.3 is 6.03 Å². The zero-order valence-electron chi connectivity index (χ0n) is 18.5. The molecule has 2 unspecified atom stereocenters. The molecule has 0 aliphatic carbocycles. The van der Waals surface area contributed by atoms with Gasteiger partial charge in [0, 0.05) is 31.3 Å². The summed E-state index contributed by atoms with van der Waals surface area (Å²) in [6, 6.07) is 3.36. The SMILES string of the molecule is CN1OC(C(O)N2CC(F)(F)C2)Cn2nc3c(c2C1=O)CN(C(=O)Nc1ccc(F)c(Cl)c1)CC3. The molecule has 1 aromatic carbocycles. The van der Waals surface area contributed by atoms with Gasteiger partial charge in [0.15, 0.2) is 0 Å². The molecule has 0 radical (unpaired) electrons. The number of nitrogens with zero attached hydrogens (tertiary/aromatic N) is 5. The summed E-state index contributed by atoms with van der Waals surface area (Å²) < 4.78 is 41.3. The first-order valence-electron chi connectivity index (χ1n) is 10.9. The molecule has 10 nitrogen and oxygen atoms in total. The van der Waals surface area contributed by atoms with Crippen molar-refractivity contribution >= 4 is 29.2 Å². The number of aliphatic hydroxyl groups is 1. The molecule has 14 heteroatoms. The van der Waals surface area contributed by atoms with E-state index in [2.05, 4.69) is 10.4 Å². The second-order valence-electron chi connectivity index (χ2n) is 8.81. The fraction of sp³-hybridized carbons (Fsp3) is 0.476. The number of fused-ring (bicyclic) bond motifs is 3. The zero-order valence-corrected chi connectivity index (χ0v) is 19.3. The minimum Gasteiger partial charge on any atom is -0.375 e. The van der Waals surface area contributed by atoms with E-state index in [9.17, 15) is 27.9 Å². The number of aromatic nitrogens is 2. The van der Waals surface area contributed by atoms with E-state index in [1.54, 1.807) is 0 Å².